The fraction of sp³-hybridized carbons (Fsp3) is 0.391. The Bertz CT molecular complexity index is 866. The molecule has 7 heteroatoms. The summed E-state index contributed by atoms with van der Waals surface area (Å²) in [6.45, 7) is 4.51. The molecule has 0 aromatic heterocycles. The first-order valence-corrected chi connectivity index (χ1v) is 10.4. The van der Waals surface area contributed by atoms with E-state index < -0.39 is 0 Å². The topological polar surface area (TPSA) is 74.8 Å². The minimum Gasteiger partial charge on any atom is -0.368 e. The normalized spacial score (nSPS) is 16.3. The lowest BCUT2D eigenvalue weighted by molar-refractivity contribution is -0.124. The maximum atomic E-state index is 13.3. The van der Waals surface area contributed by atoms with Gasteiger partial charge in [-0.05, 0) is 61.6 Å². The van der Waals surface area contributed by atoms with Gasteiger partial charge in [0.05, 0.1) is 6.54 Å². The molecule has 1 amide bonds. The van der Waals surface area contributed by atoms with Crippen LogP contribution in [0.15, 0.2) is 53.5 Å². The fourth-order valence-electron chi connectivity index (χ4n) is 3.28. The van der Waals surface area contributed by atoms with Crippen LogP contribution in [-0.4, -0.2) is 37.7 Å². The van der Waals surface area contributed by atoms with Crippen LogP contribution in [-0.2, 0) is 22.5 Å². The first-order valence-electron chi connectivity index (χ1n) is 10.4. The van der Waals surface area contributed by atoms with E-state index in [1.54, 1.807) is 12.1 Å². The Morgan fingerprint density at radius 3 is 2.77 bits per heavy atom. The van der Waals surface area contributed by atoms with Crippen molar-refractivity contribution in [3.8, 4) is 0 Å². The highest BCUT2D eigenvalue weighted by Gasteiger charge is 2.23. The number of carbonyl (C=O) groups is 1. The maximum absolute atomic E-state index is 13.3. The minimum absolute atomic E-state index is 0.0968. The third-order valence-electron chi connectivity index (χ3n) is 4.78. The third-order valence-corrected chi connectivity index (χ3v) is 4.78. The van der Waals surface area contributed by atoms with Crippen LogP contribution in [0.1, 0.15) is 30.9 Å². The Kier molecular flexibility index (Phi) is 8.20. The molecular formula is C23H29FN4O2. The lowest BCUT2D eigenvalue weighted by atomic mass is 10.1. The smallest absolute Gasteiger partial charge is 0.253 e. The van der Waals surface area contributed by atoms with E-state index in [0.29, 0.717) is 32.1 Å². The first kappa shape index (κ1) is 21.8. The number of nitrogens with zero attached hydrogens (tertiary/aromatic N) is 1. The van der Waals surface area contributed by atoms with Gasteiger partial charge in [0.15, 0.2) is 5.96 Å². The molecule has 1 saturated heterocycles. The predicted molar refractivity (Wildman–Crippen MR) is 117 cm³/mol. The monoisotopic (exact) mass is 412 g/mol. The van der Waals surface area contributed by atoms with Crippen molar-refractivity contribution in [2.75, 3.05) is 25.0 Å². The van der Waals surface area contributed by atoms with Crippen LogP contribution < -0.4 is 16.0 Å². The van der Waals surface area contributed by atoms with Crippen molar-refractivity contribution in [2.45, 2.75) is 38.8 Å². The molecule has 0 radical (unpaired) electrons. The SMILES string of the molecule is CCNC(=NCc1cccc(NC(=O)C2CCCO2)c1)NCCc1cccc(F)c1. The number of halogens is 1. The van der Waals surface area contributed by atoms with Gasteiger partial charge in [-0.3, -0.25) is 4.79 Å². The van der Waals surface area contributed by atoms with Crippen LogP contribution in [0.5, 0.6) is 0 Å². The summed E-state index contributed by atoms with van der Waals surface area (Å²) < 4.78 is 18.7. The van der Waals surface area contributed by atoms with E-state index in [1.165, 1.54) is 6.07 Å². The molecule has 0 aliphatic carbocycles. The molecule has 160 valence electrons. The second kappa shape index (κ2) is 11.3. The number of nitrogens with one attached hydrogen (secondary N) is 3. The van der Waals surface area contributed by atoms with E-state index in [9.17, 15) is 9.18 Å². The Morgan fingerprint density at radius 1 is 1.17 bits per heavy atom. The van der Waals surface area contributed by atoms with Crippen LogP contribution in [0.3, 0.4) is 0 Å². The molecule has 0 saturated carbocycles. The molecule has 3 N–H and O–H groups in total. The average molecular weight is 413 g/mol. The molecule has 30 heavy (non-hydrogen) atoms. The predicted octanol–water partition coefficient (Wildman–Crippen LogP) is 3.24. The van der Waals surface area contributed by atoms with Gasteiger partial charge in [-0.2, -0.15) is 0 Å². The first-order chi connectivity index (χ1) is 14.6. The van der Waals surface area contributed by atoms with Crippen molar-refractivity contribution in [3.05, 3.63) is 65.5 Å². The van der Waals surface area contributed by atoms with Crippen molar-refractivity contribution in [1.29, 1.82) is 0 Å². The van der Waals surface area contributed by atoms with Crippen LogP contribution in [0, 0.1) is 5.82 Å². The number of anilines is 1. The molecular weight excluding hydrogens is 383 g/mol. The zero-order valence-corrected chi connectivity index (χ0v) is 17.3. The summed E-state index contributed by atoms with van der Waals surface area (Å²) >= 11 is 0. The molecule has 0 spiro atoms. The third kappa shape index (κ3) is 6.84. The number of benzene rings is 2. The van der Waals surface area contributed by atoms with E-state index in [4.69, 9.17) is 4.74 Å². The largest absolute Gasteiger partial charge is 0.368 e. The zero-order valence-electron chi connectivity index (χ0n) is 17.3. The van der Waals surface area contributed by atoms with Crippen molar-refractivity contribution < 1.29 is 13.9 Å². The number of carbonyl (C=O) groups excluding carboxylic acids is 1. The Balaban J connectivity index is 1.53. The Morgan fingerprint density at radius 2 is 2.00 bits per heavy atom. The van der Waals surface area contributed by atoms with Crippen LogP contribution in [0.4, 0.5) is 10.1 Å². The summed E-state index contributed by atoms with van der Waals surface area (Å²) in [5.41, 5.74) is 2.67. The summed E-state index contributed by atoms with van der Waals surface area (Å²) in [7, 11) is 0. The van der Waals surface area contributed by atoms with Crippen molar-refractivity contribution in [1.82, 2.24) is 10.6 Å². The molecule has 2 aromatic carbocycles. The highest BCUT2D eigenvalue weighted by atomic mass is 19.1. The number of aliphatic imine (C=N–C) groups is 1. The molecule has 1 aliphatic heterocycles. The molecule has 3 rings (SSSR count). The number of rotatable bonds is 8. The quantitative estimate of drug-likeness (QED) is 0.460. The molecule has 0 bridgehead atoms. The van der Waals surface area contributed by atoms with Crippen LogP contribution in [0.2, 0.25) is 0 Å². The standard InChI is InChI=1S/C23H29FN4O2/c1-2-25-23(26-12-11-17-6-3-8-19(24)14-17)27-16-18-7-4-9-20(15-18)28-22(29)21-10-5-13-30-21/h3-4,6-9,14-15,21H,2,5,10-13,16H2,1H3,(H,28,29)(H2,25,26,27). The van der Waals surface area contributed by atoms with Crippen molar-refractivity contribution in [2.24, 2.45) is 4.99 Å². The van der Waals surface area contributed by atoms with Gasteiger partial charge >= 0.3 is 0 Å². The highest BCUT2D eigenvalue weighted by Crippen LogP contribution is 2.16. The Labute approximate surface area is 176 Å². The van der Waals surface area contributed by atoms with Crippen molar-refractivity contribution in [3.63, 3.8) is 0 Å². The van der Waals surface area contributed by atoms with E-state index in [2.05, 4.69) is 20.9 Å². The summed E-state index contributed by atoms with van der Waals surface area (Å²) in [6, 6.07) is 14.3. The van der Waals surface area contributed by atoms with Gasteiger partial charge in [-0.1, -0.05) is 24.3 Å². The lowest BCUT2D eigenvalue weighted by Crippen LogP contribution is -2.38. The summed E-state index contributed by atoms with van der Waals surface area (Å²) in [6.07, 6.45) is 2.04. The average Bonchev–Trinajstić information content (AvgIpc) is 3.27. The molecule has 2 aromatic rings. The number of guanidine groups is 1. The number of hydrogen-bond donors (Lipinski definition) is 3. The summed E-state index contributed by atoms with van der Waals surface area (Å²) in [5, 5.41) is 9.41. The van der Waals surface area contributed by atoms with Gasteiger partial charge in [-0.25, -0.2) is 9.38 Å². The molecule has 1 unspecified atom stereocenters. The molecule has 1 fully saturated rings. The molecule has 1 aliphatic rings. The van der Waals surface area contributed by atoms with Crippen molar-refractivity contribution >= 4 is 17.6 Å². The number of amides is 1. The van der Waals surface area contributed by atoms with Gasteiger partial charge < -0.3 is 20.7 Å². The fourth-order valence-corrected chi connectivity index (χ4v) is 3.28. The van der Waals surface area contributed by atoms with Crippen LogP contribution >= 0.6 is 0 Å². The zero-order chi connectivity index (χ0) is 21.2. The second-order valence-corrected chi connectivity index (χ2v) is 7.19. The lowest BCUT2D eigenvalue weighted by Gasteiger charge is -2.12. The Hall–Kier alpha value is -2.93. The number of hydrogen-bond acceptors (Lipinski definition) is 3. The number of ether oxygens (including phenoxy) is 1. The van der Waals surface area contributed by atoms with Gasteiger partial charge in [0, 0.05) is 25.4 Å². The van der Waals surface area contributed by atoms with Gasteiger partial charge in [0.25, 0.3) is 5.91 Å². The van der Waals surface area contributed by atoms with Crippen LogP contribution in [0.25, 0.3) is 0 Å². The van der Waals surface area contributed by atoms with E-state index in [-0.39, 0.29) is 17.8 Å². The second-order valence-electron chi connectivity index (χ2n) is 7.19. The molecule has 1 atom stereocenters. The van der Waals surface area contributed by atoms with Gasteiger partial charge in [0.1, 0.15) is 11.9 Å². The van der Waals surface area contributed by atoms with E-state index in [0.717, 1.165) is 36.2 Å². The summed E-state index contributed by atoms with van der Waals surface area (Å²) in [5.74, 6) is 0.378. The molecule has 6 nitrogen and oxygen atoms in total. The highest BCUT2D eigenvalue weighted by molar-refractivity contribution is 5.94. The summed E-state index contributed by atoms with van der Waals surface area (Å²) in [4.78, 5) is 16.8. The molecule has 1 heterocycles. The van der Waals surface area contributed by atoms with Gasteiger partial charge in [-0.15, -0.1) is 0 Å². The van der Waals surface area contributed by atoms with E-state index >= 15 is 0 Å². The van der Waals surface area contributed by atoms with E-state index in [1.807, 2.05) is 37.3 Å². The minimum atomic E-state index is -0.352. The maximum Gasteiger partial charge on any atom is 0.253 e. The van der Waals surface area contributed by atoms with Gasteiger partial charge in [0.2, 0.25) is 0 Å².